The minimum Gasteiger partial charge on any atom is -0.341 e. The van der Waals surface area contributed by atoms with Gasteiger partial charge in [0.1, 0.15) is 23.5 Å². The molecule has 0 radical (unpaired) electrons. The number of nitrogens with one attached hydrogen (secondary N) is 3. The minimum absolute atomic E-state index is 0.249. The third-order valence-electron chi connectivity index (χ3n) is 3.92. The van der Waals surface area contributed by atoms with Crippen molar-refractivity contribution in [1.82, 2.24) is 20.9 Å². The monoisotopic (exact) mass is 382 g/mol. The molecule has 0 bridgehead atoms. The Kier molecular flexibility index (Phi) is 8.57. The standard InChI is InChI=1S/C17H26N4O6/c1-8(2)10(20-26-5)14(22)16(24)12-13(19-7-18-12)17(25)15(23)11(9(3)4)21-27-6/h7-11,20-21H,1-6H3,(H,18,19)/t10-,11-/m0/s1. The summed E-state index contributed by atoms with van der Waals surface area (Å²) in [7, 11) is 2.65. The van der Waals surface area contributed by atoms with Crippen LogP contribution in [0.15, 0.2) is 6.33 Å². The van der Waals surface area contributed by atoms with Gasteiger partial charge in [0.05, 0.1) is 20.5 Å². The number of imidazole rings is 1. The summed E-state index contributed by atoms with van der Waals surface area (Å²) in [6.45, 7) is 6.92. The van der Waals surface area contributed by atoms with Gasteiger partial charge in [-0.1, -0.05) is 27.7 Å². The van der Waals surface area contributed by atoms with E-state index in [1.165, 1.54) is 14.2 Å². The highest BCUT2D eigenvalue weighted by molar-refractivity contribution is 6.50. The molecule has 2 atom stereocenters. The number of aromatic amines is 1. The molecule has 3 N–H and O–H groups in total. The molecule has 0 aliphatic rings. The lowest BCUT2D eigenvalue weighted by Crippen LogP contribution is -2.45. The van der Waals surface area contributed by atoms with Crippen LogP contribution >= 0.6 is 0 Å². The first kappa shape index (κ1) is 22.8. The fourth-order valence-electron chi connectivity index (χ4n) is 2.40. The lowest BCUT2D eigenvalue weighted by atomic mass is 9.93. The van der Waals surface area contributed by atoms with Gasteiger partial charge in [-0.05, 0) is 11.8 Å². The van der Waals surface area contributed by atoms with Crippen molar-refractivity contribution in [2.45, 2.75) is 39.8 Å². The summed E-state index contributed by atoms with van der Waals surface area (Å²) in [6, 6.07) is -1.83. The van der Waals surface area contributed by atoms with Gasteiger partial charge < -0.3 is 14.7 Å². The Bertz CT molecular complexity index is 641. The van der Waals surface area contributed by atoms with Gasteiger partial charge >= 0.3 is 0 Å². The van der Waals surface area contributed by atoms with Gasteiger partial charge in [-0.2, -0.15) is 11.0 Å². The molecule has 0 aromatic carbocycles. The van der Waals surface area contributed by atoms with Crippen molar-refractivity contribution in [1.29, 1.82) is 0 Å². The smallest absolute Gasteiger partial charge is 0.250 e. The van der Waals surface area contributed by atoms with E-state index < -0.39 is 40.9 Å². The summed E-state index contributed by atoms with van der Waals surface area (Å²) >= 11 is 0. The van der Waals surface area contributed by atoms with Crippen LogP contribution in [0.4, 0.5) is 0 Å². The number of hydrogen-bond donors (Lipinski definition) is 3. The Hall–Kier alpha value is -2.27. The second kappa shape index (κ2) is 10.2. The van der Waals surface area contributed by atoms with Crippen molar-refractivity contribution in [3.05, 3.63) is 17.7 Å². The lowest BCUT2D eigenvalue weighted by Gasteiger charge is -2.19. The van der Waals surface area contributed by atoms with Crippen LogP contribution in [0.2, 0.25) is 0 Å². The fraction of sp³-hybridized carbons (Fsp3) is 0.588. The zero-order valence-electron chi connectivity index (χ0n) is 16.3. The number of carbonyl (C=O) groups is 4. The van der Waals surface area contributed by atoms with Crippen molar-refractivity contribution < 1.29 is 28.9 Å². The molecule has 1 aromatic heterocycles. The summed E-state index contributed by atoms with van der Waals surface area (Å²) in [6.07, 6.45) is 1.09. The molecule has 0 aliphatic heterocycles. The first-order valence-electron chi connectivity index (χ1n) is 8.44. The largest absolute Gasteiger partial charge is 0.341 e. The van der Waals surface area contributed by atoms with E-state index in [1.807, 2.05) is 0 Å². The number of aromatic nitrogens is 2. The van der Waals surface area contributed by atoms with Crippen molar-refractivity contribution in [3.8, 4) is 0 Å². The van der Waals surface area contributed by atoms with Crippen LogP contribution < -0.4 is 11.0 Å². The summed E-state index contributed by atoms with van der Waals surface area (Å²) < 4.78 is 0. The van der Waals surface area contributed by atoms with E-state index in [9.17, 15) is 19.2 Å². The predicted octanol–water partition coefficient (Wildman–Crippen LogP) is 0.265. The first-order chi connectivity index (χ1) is 12.7. The molecule has 0 aliphatic carbocycles. The molecular formula is C17H26N4O6. The predicted molar refractivity (Wildman–Crippen MR) is 94.8 cm³/mol. The van der Waals surface area contributed by atoms with Gasteiger partial charge in [0, 0.05) is 0 Å². The van der Waals surface area contributed by atoms with E-state index in [0.717, 1.165) is 6.33 Å². The number of H-pyrrole nitrogens is 1. The molecule has 150 valence electrons. The third kappa shape index (κ3) is 5.36. The minimum atomic E-state index is -0.989. The van der Waals surface area contributed by atoms with Crippen molar-refractivity contribution in [2.75, 3.05) is 14.2 Å². The summed E-state index contributed by atoms with van der Waals surface area (Å²) in [4.78, 5) is 65.9. The molecule has 0 unspecified atom stereocenters. The molecule has 0 spiro atoms. The number of hydroxylamine groups is 2. The SMILES string of the molecule is CON[C@H](C(=O)C(=O)c1nc[nH]c1C(=O)C(=O)[C@@H](NOC)C(C)C)C(C)C. The Balaban J connectivity index is 3.14. The molecule has 0 saturated carbocycles. The number of ketones is 4. The Morgan fingerprint density at radius 2 is 1.33 bits per heavy atom. The average molecular weight is 382 g/mol. The normalized spacial score (nSPS) is 13.6. The van der Waals surface area contributed by atoms with Crippen LogP contribution in [0.3, 0.4) is 0 Å². The molecule has 0 fully saturated rings. The van der Waals surface area contributed by atoms with Gasteiger partial charge in [0.25, 0.3) is 5.78 Å². The van der Waals surface area contributed by atoms with E-state index >= 15 is 0 Å². The third-order valence-corrected chi connectivity index (χ3v) is 3.92. The zero-order chi connectivity index (χ0) is 20.7. The number of rotatable bonds is 12. The van der Waals surface area contributed by atoms with Crippen LogP contribution in [0.25, 0.3) is 0 Å². The number of hydrogen-bond acceptors (Lipinski definition) is 9. The van der Waals surface area contributed by atoms with Gasteiger partial charge in [0.15, 0.2) is 0 Å². The number of Topliss-reactive ketones (excluding diaryl/α,β-unsaturated/α-hetero) is 4. The second-order valence-corrected chi connectivity index (χ2v) is 6.60. The quantitative estimate of drug-likeness (QED) is 0.264. The molecule has 0 saturated heterocycles. The summed E-state index contributed by atoms with van der Waals surface area (Å²) in [5.74, 6) is -4.09. The first-order valence-corrected chi connectivity index (χ1v) is 8.44. The molecule has 1 aromatic rings. The van der Waals surface area contributed by atoms with E-state index in [4.69, 9.17) is 9.68 Å². The highest BCUT2D eigenvalue weighted by atomic mass is 16.6. The van der Waals surface area contributed by atoms with Gasteiger partial charge in [-0.25, -0.2) is 4.98 Å². The Morgan fingerprint density at radius 3 is 1.74 bits per heavy atom. The lowest BCUT2D eigenvalue weighted by molar-refractivity contribution is -0.122. The number of nitrogens with zero attached hydrogens (tertiary/aromatic N) is 1. The summed E-state index contributed by atoms with van der Waals surface area (Å²) in [5, 5.41) is 0. The van der Waals surface area contributed by atoms with Crippen LogP contribution in [-0.4, -0.2) is 59.4 Å². The highest BCUT2D eigenvalue weighted by Gasteiger charge is 2.36. The van der Waals surface area contributed by atoms with E-state index in [-0.39, 0.29) is 17.5 Å². The average Bonchev–Trinajstić information content (AvgIpc) is 3.10. The van der Waals surface area contributed by atoms with Crippen LogP contribution in [0.5, 0.6) is 0 Å². The van der Waals surface area contributed by atoms with Crippen LogP contribution in [-0.2, 0) is 19.3 Å². The molecule has 1 heterocycles. The molecule has 0 amide bonds. The van der Waals surface area contributed by atoms with Gasteiger partial charge in [0.2, 0.25) is 17.3 Å². The second-order valence-electron chi connectivity index (χ2n) is 6.60. The zero-order valence-corrected chi connectivity index (χ0v) is 16.3. The Morgan fingerprint density at radius 1 is 0.889 bits per heavy atom. The van der Waals surface area contributed by atoms with Crippen molar-refractivity contribution >= 4 is 23.1 Å². The van der Waals surface area contributed by atoms with Crippen molar-refractivity contribution in [3.63, 3.8) is 0 Å². The van der Waals surface area contributed by atoms with Crippen LogP contribution in [0.1, 0.15) is 48.7 Å². The maximum absolute atomic E-state index is 12.6. The summed E-state index contributed by atoms with van der Waals surface area (Å²) in [5.41, 5.74) is 4.19. The fourth-order valence-corrected chi connectivity index (χ4v) is 2.40. The maximum Gasteiger partial charge on any atom is 0.250 e. The maximum atomic E-state index is 12.6. The van der Waals surface area contributed by atoms with Gasteiger partial charge in [-0.3, -0.25) is 19.2 Å². The van der Waals surface area contributed by atoms with Crippen LogP contribution in [0, 0.1) is 11.8 Å². The topological polar surface area (TPSA) is 139 Å². The van der Waals surface area contributed by atoms with Crippen molar-refractivity contribution in [2.24, 2.45) is 11.8 Å². The molecule has 1 rings (SSSR count). The Labute approximate surface area is 157 Å². The number of carbonyl (C=O) groups excluding carboxylic acids is 4. The van der Waals surface area contributed by atoms with E-state index in [1.54, 1.807) is 27.7 Å². The molecule has 27 heavy (non-hydrogen) atoms. The highest BCUT2D eigenvalue weighted by Crippen LogP contribution is 2.13. The van der Waals surface area contributed by atoms with E-state index in [2.05, 4.69) is 20.9 Å². The molecular weight excluding hydrogens is 356 g/mol. The molecule has 10 heteroatoms. The van der Waals surface area contributed by atoms with Gasteiger partial charge in [-0.15, -0.1) is 0 Å². The van der Waals surface area contributed by atoms with E-state index in [0.29, 0.717) is 0 Å². The molecule has 10 nitrogen and oxygen atoms in total.